The van der Waals surface area contributed by atoms with Crippen LogP contribution in [0.1, 0.15) is 24.4 Å². The van der Waals surface area contributed by atoms with Crippen molar-refractivity contribution in [1.82, 2.24) is 10.1 Å². The number of aromatic nitrogens is 2. The van der Waals surface area contributed by atoms with E-state index in [4.69, 9.17) is 15.0 Å². The molecule has 0 unspecified atom stereocenters. The zero-order valence-electron chi connectivity index (χ0n) is 11.1. The molecule has 0 aliphatic rings. The molecule has 1 atom stereocenters. The monoisotopic (exact) mass is 269 g/mol. The fourth-order valence-electron chi connectivity index (χ4n) is 2.17. The normalized spacial score (nSPS) is 12.5. The molecule has 20 heavy (non-hydrogen) atoms. The molecule has 0 saturated carbocycles. The maximum atomic E-state index is 6.02. The van der Waals surface area contributed by atoms with Crippen LogP contribution in [0.5, 0.6) is 5.75 Å². The zero-order valence-corrected chi connectivity index (χ0v) is 11.1. The predicted molar refractivity (Wildman–Crippen MR) is 75.2 cm³/mol. The van der Waals surface area contributed by atoms with Gasteiger partial charge in [0.05, 0.1) is 0 Å². The Morgan fingerprint density at radius 1 is 1.25 bits per heavy atom. The average Bonchev–Trinajstić information content (AvgIpc) is 2.97. The number of ether oxygens (including phenoxy) is 1. The van der Waals surface area contributed by atoms with Gasteiger partial charge in [-0.25, -0.2) is 0 Å². The lowest BCUT2D eigenvalue weighted by atomic mass is 10.0. The first-order valence-electron chi connectivity index (χ1n) is 6.41. The molecular weight excluding hydrogens is 254 g/mol. The summed E-state index contributed by atoms with van der Waals surface area (Å²) in [4.78, 5) is 3.95. The van der Waals surface area contributed by atoms with E-state index in [1.165, 1.54) is 6.39 Å². The van der Waals surface area contributed by atoms with Crippen molar-refractivity contribution in [1.29, 1.82) is 0 Å². The fourth-order valence-corrected chi connectivity index (χ4v) is 2.17. The van der Waals surface area contributed by atoms with E-state index >= 15 is 0 Å². The molecule has 3 aromatic rings. The van der Waals surface area contributed by atoms with Crippen LogP contribution in [-0.2, 0) is 6.61 Å². The Labute approximate surface area is 116 Å². The van der Waals surface area contributed by atoms with Crippen LogP contribution in [0.25, 0.3) is 10.8 Å². The number of fused-ring (bicyclic) bond motifs is 1. The van der Waals surface area contributed by atoms with Gasteiger partial charge in [-0.3, -0.25) is 0 Å². The van der Waals surface area contributed by atoms with Crippen LogP contribution in [0.15, 0.2) is 47.3 Å². The van der Waals surface area contributed by atoms with Gasteiger partial charge in [0.15, 0.2) is 6.61 Å². The summed E-state index contributed by atoms with van der Waals surface area (Å²) in [7, 11) is 0. The van der Waals surface area contributed by atoms with Gasteiger partial charge in [-0.05, 0) is 12.3 Å². The molecule has 0 bridgehead atoms. The van der Waals surface area contributed by atoms with Gasteiger partial charge < -0.3 is 15.0 Å². The molecule has 2 aromatic carbocycles. The van der Waals surface area contributed by atoms with E-state index in [0.29, 0.717) is 5.82 Å². The third-order valence-electron chi connectivity index (χ3n) is 3.15. The van der Waals surface area contributed by atoms with Crippen LogP contribution in [0.3, 0.4) is 0 Å². The van der Waals surface area contributed by atoms with E-state index in [-0.39, 0.29) is 12.6 Å². The molecule has 2 N–H and O–H groups in total. The van der Waals surface area contributed by atoms with E-state index in [1.54, 1.807) is 0 Å². The minimum atomic E-state index is -0.111. The molecule has 0 spiro atoms. The first kappa shape index (κ1) is 12.6. The Morgan fingerprint density at radius 3 is 2.85 bits per heavy atom. The molecular formula is C15H15N3O2. The van der Waals surface area contributed by atoms with Gasteiger partial charge in [-0.1, -0.05) is 41.6 Å². The van der Waals surface area contributed by atoms with Crippen LogP contribution in [-0.4, -0.2) is 10.1 Å². The minimum absolute atomic E-state index is 0.111. The van der Waals surface area contributed by atoms with E-state index in [1.807, 2.05) is 37.3 Å². The highest BCUT2D eigenvalue weighted by Crippen LogP contribution is 2.33. The van der Waals surface area contributed by atoms with Crippen molar-refractivity contribution in [2.45, 2.75) is 19.6 Å². The van der Waals surface area contributed by atoms with Crippen LogP contribution < -0.4 is 10.5 Å². The summed E-state index contributed by atoms with van der Waals surface area (Å²) in [5, 5.41) is 5.89. The lowest BCUT2D eigenvalue weighted by Gasteiger charge is -2.15. The first-order valence-corrected chi connectivity index (χ1v) is 6.41. The fraction of sp³-hybridized carbons (Fsp3) is 0.200. The van der Waals surface area contributed by atoms with E-state index < -0.39 is 0 Å². The Hall–Kier alpha value is -2.40. The highest BCUT2D eigenvalue weighted by Gasteiger charge is 2.13. The highest BCUT2D eigenvalue weighted by molar-refractivity contribution is 5.89. The smallest absolute Gasteiger partial charge is 0.213 e. The van der Waals surface area contributed by atoms with Gasteiger partial charge in [-0.2, -0.15) is 4.98 Å². The Balaban J connectivity index is 2.03. The van der Waals surface area contributed by atoms with E-state index in [0.717, 1.165) is 22.1 Å². The second-order valence-electron chi connectivity index (χ2n) is 4.63. The van der Waals surface area contributed by atoms with Crippen molar-refractivity contribution in [2.24, 2.45) is 5.73 Å². The molecule has 5 heteroatoms. The lowest BCUT2D eigenvalue weighted by Crippen LogP contribution is -2.09. The molecule has 3 rings (SSSR count). The summed E-state index contributed by atoms with van der Waals surface area (Å²) in [6.45, 7) is 2.19. The molecule has 0 fully saturated rings. The summed E-state index contributed by atoms with van der Waals surface area (Å²) in [5.41, 5.74) is 6.99. The molecule has 1 aromatic heterocycles. The van der Waals surface area contributed by atoms with Gasteiger partial charge >= 0.3 is 0 Å². The van der Waals surface area contributed by atoms with Gasteiger partial charge in [0.2, 0.25) is 12.2 Å². The summed E-state index contributed by atoms with van der Waals surface area (Å²) in [6, 6.07) is 12.0. The van der Waals surface area contributed by atoms with Crippen LogP contribution in [0, 0.1) is 0 Å². The number of nitrogens with zero attached hydrogens (tertiary/aromatic N) is 2. The maximum absolute atomic E-state index is 6.02. The molecule has 0 aliphatic carbocycles. The van der Waals surface area contributed by atoms with E-state index in [9.17, 15) is 0 Å². The second-order valence-corrected chi connectivity index (χ2v) is 4.63. The molecule has 1 heterocycles. The predicted octanol–water partition coefficient (Wildman–Crippen LogP) is 2.82. The van der Waals surface area contributed by atoms with Crippen molar-refractivity contribution >= 4 is 10.8 Å². The molecule has 0 aliphatic heterocycles. The van der Waals surface area contributed by atoms with Crippen LogP contribution in [0.4, 0.5) is 0 Å². The number of benzene rings is 2. The van der Waals surface area contributed by atoms with Gasteiger partial charge in [-0.15, -0.1) is 0 Å². The second kappa shape index (κ2) is 5.30. The highest BCUT2D eigenvalue weighted by atomic mass is 16.5. The van der Waals surface area contributed by atoms with Crippen molar-refractivity contribution in [2.75, 3.05) is 0 Å². The third-order valence-corrected chi connectivity index (χ3v) is 3.15. The Morgan fingerprint density at radius 2 is 2.10 bits per heavy atom. The molecule has 5 nitrogen and oxygen atoms in total. The number of rotatable bonds is 4. The third kappa shape index (κ3) is 2.35. The summed E-state index contributed by atoms with van der Waals surface area (Å²) < 4.78 is 10.6. The topological polar surface area (TPSA) is 74.2 Å². The average molecular weight is 269 g/mol. The SMILES string of the molecule is C[C@H](N)c1ccc2ccccc2c1OCc1ncon1. The van der Waals surface area contributed by atoms with Crippen molar-refractivity contribution in [3.63, 3.8) is 0 Å². The lowest BCUT2D eigenvalue weighted by molar-refractivity contribution is 0.286. The number of nitrogens with two attached hydrogens (primary N) is 1. The summed E-state index contributed by atoms with van der Waals surface area (Å²) in [6.07, 6.45) is 1.29. The van der Waals surface area contributed by atoms with Crippen LogP contribution in [0.2, 0.25) is 0 Å². The largest absolute Gasteiger partial charge is 0.484 e. The quantitative estimate of drug-likeness (QED) is 0.788. The number of hydrogen-bond acceptors (Lipinski definition) is 5. The summed E-state index contributed by atoms with van der Waals surface area (Å²) >= 11 is 0. The summed E-state index contributed by atoms with van der Waals surface area (Å²) in [5.74, 6) is 1.29. The minimum Gasteiger partial charge on any atom is -0.484 e. The van der Waals surface area contributed by atoms with Crippen molar-refractivity contribution in [3.8, 4) is 5.75 Å². The van der Waals surface area contributed by atoms with Crippen LogP contribution >= 0.6 is 0 Å². The Bertz CT molecular complexity index is 708. The van der Waals surface area contributed by atoms with E-state index in [2.05, 4.69) is 16.2 Å². The number of hydrogen-bond donors (Lipinski definition) is 1. The van der Waals surface area contributed by atoms with Crippen molar-refractivity contribution < 1.29 is 9.26 Å². The Kier molecular flexibility index (Phi) is 3.35. The van der Waals surface area contributed by atoms with Gasteiger partial charge in [0, 0.05) is 17.0 Å². The first-order chi connectivity index (χ1) is 9.75. The zero-order chi connectivity index (χ0) is 13.9. The van der Waals surface area contributed by atoms with Gasteiger partial charge in [0.1, 0.15) is 5.75 Å². The molecule has 0 amide bonds. The van der Waals surface area contributed by atoms with Crippen molar-refractivity contribution in [3.05, 3.63) is 54.2 Å². The van der Waals surface area contributed by atoms with Gasteiger partial charge in [0.25, 0.3) is 0 Å². The standard InChI is InChI=1S/C15H15N3O2/c1-10(16)12-7-6-11-4-2-3-5-13(11)15(12)19-8-14-17-9-20-18-14/h2-7,9-10H,8,16H2,1H3/t10-/m0/s1. The molecule has 0 saturated heterocycles. The molecule has 102 valence electrons. The molecule has 0 radical (unpaired) electrons. The maximum Gasteiger partial charge on any atom is 0.213 e.